The van der Waals surface area contributed by atoms with E-state index in [1.54, 1.807) is 6.20 Å². The Balaban J connectivity index is 1.55. The average Bonchev–Trinajstić information content (AvgIpc) is 3.11. The molecule has 2 atom stereocenters. The monoisotopic (exact) mass is 278 g/mol. The fraction of sp³-hybridized carbons (Fsp3) is 0.278. The number of benzene rings is 1. The summed E-state index contributed by atoms with van der Waals surface area (Å²) in [6.07, 6.45) is 9.68. The second kappa shape index (κ2) is 5.34. The van der Waals surface area contributed by atoms with Crippen LogP contribution < -0.4 is 10.1 Å². The minimum absolute atomic E-state index is 0.577. The molecule has 1 N–H and O–H groups in total. The summed E-state index contributed by atoms with van der Waals surface area (Å²) in [5, 5.41) is 3.63. The highest BCUT2D eigenvalue weighted by molar-refractivity contribution is 5.56. The molecule has 0 spiro atoms. The van der Waals surface area contributed by atoms with Gasteiger partial charge < -0.3 is 10.1 Å². The Hall–Kier alpha value is -2.13. The maximum atomic E-state index is 5.84. The first-order valence-electron chi connectivity index (χ1n) is 7.51. The van der Waals surface area contributed by atoms with Gasteiger partial charge in [-0.1, -0.05) is 29.8 Å². The van der Waals surface area contributed by atoms with Crippen molar-refractivity contribution in [2.45, 2.75) is 31.3 Å². The lowest BCUT2D eigenvalue weighted by molar-refractivity contribution is 0.480. The molecule has 2 saturated heterocycles. The number of rotatable bonds is 3. The van der Waals surface area contributed by atoms with Gasteiger partial charge >= 0.3 is 0 Å². The Labute approximate surface area is 124 Å². The molecule has 0 aliphatic carbocycles. The van der Waals surface area contributed by atoms with E-state index >= 15 is 0 Å². The first kappa shape index (κ1) is 12.6. The predicted molar refractivity (Wildman–Crippen MR) is 83.3 cm³/mol. The summed E-state index contributed by atoms with van der Waals surface area (Å²) in [6.45, 7) is 0. The molecule has 2 bridgehead atoms. The molecule has 2 aliphatic rings. The van der Waals surface area contributed by atoms with Crippen LogP contribution in [0.25, 0.3) is 6.08 Å². The SMILES string of the molecule is C(=C1CC2CCC1N2)c1cncc(Oc2ccccc2)c1. The van der Waals surface area contributed by atoms with Gasteiger partial charge in [0, 0.05) is 18.3 Å². The van der Waals surface area contributed by atoms with Crippen LogP contribution in [0.5, 0.6) is 11.5 Å². The fourth-order valence-electron chi connectivity index (χ4n) is 3.27. The van der Waals surface area contributed by atoms with E-state index in [0.29, 0.717) is 12.1 Å². The van der Waals surface area contributed by atoms with E-state index in [1.165, 1.54) is 24.8 Å². The van der Waals surface area contributed by atoms with Gasteiger partial charge in [-0.25, -0.2) is 0 Å². The maximum absolute atomic E-state index is 5.84. The van der Waals surface area contributed by atoms with E-state index in [-0.39, 0.29) is 0 Å². The minimum Gasteiger partial charge on any atom is -0.456 e. The molecular weight excluding hydrogens is 260 g/mol. The average molecular weight is 278 g/mol. The summed E-state index contributed by atoms with van der Waals surface area (Å²) in [5.41, 5.74) is 2.62. The standard InChI is InChI=1S/C18H18N2O/c1-2-4-16(5-3-1)21-17-9-13(11-19-12-17)8-14-10-15-6-7-18(14)20-15/h1-5,8-9,11-12,15,18,20H,6-7,10H2. The van der Waals surface area contributed by atoms with Crippen LogP contribution in [0, 0.1) is 0 Å². The highest BCUT2D eigenvalue weighted by atomic mass is 16.5. The second-order valence-corrected chi connectivity index (χ2v) is 5.79. The van der Waals surface area contributed by atoms with Gasteiger partial charge in [-0.05, 0) is 43.0 Å². The zero-order valence-electron chi connectivity index (χ0n) is 11.8. The van der Waals surface area contributed by atoms with Crippen LogP contribution in [0.3, 0.4) is 0 Å². The van der Waals surface area contributed by atoms with E-state index in [0.717, 1.165) is 17.1 Å². The molecule has 106 valence electrons. The summed E-state index contributed by atoms with van der Waals surface area (Å²) >= 11 is 0. The van der Waals surface area contributed by atoms with E-state index in [9.17, 15) is 0 Å². The van der Waals surface area contributed by atoms with Gasteiger partial charge in [-0.2, -0.15) is 0 Å². The minimum atomic E-state index is 0.577. The summed E-state index contributed by atoms with van der Waals surface area (Å²) in [6, 6.07) is 13.1. The van der Waals surface area contributed by atoms with Crippen LogP contribution in [0.4, 0.5) is 0 Å². The number of nitrogens with zero attached hydrogens (tertiary/aromatic N) is 1. The van der Waals surface area contributed by atoms with Gasteiger partial charge in [0.15, 0.2) is 0 Å². The predicted octanol–water partition coefficient (Wildman–Crippen LogP) is 3.78. The number of para-hydroxylation sites is 1. The molecule has 2 fully saturated rings. The lowest BCUT2D eigenvalue weighted by Gasteiger charge is -2.11. The lowest BCUT2D eigenvalue weighted by Crippen LogP contribution is -2.18. The zero-order chi connectivity index (χ0) is 14.1. The summed E-state index contributed by atoms with van der Waals surface area (Å²) in [7, 11) is 0. The molecule has 0 amide bonds. The van der Waals surface area contributed by atoms with Crippen molar-refractivity contribution in [3.8, 4) is 11.5 Å². The van der Waals surface area contributed by atoms with E-state index < -0.39 is 0 Å². The second-order valence-electron chi connectivity index (χ2n) is 5.79. The molecular formula is C18H18N2O. The molecule has 3 nitrogen and oxygen atoms in total. The van der Waals surface area contributed by atoms with Crippen molar-refractivity contribution in [2.24, 2.45) is 0 Å². The van der Waals surface area contributed by atoms with Gasteiger partial charge in [0.25, 0.3) is 0 Å². The van der Waals surface area contributed by atoms with Crippen LogP contribution >= 0.6 is 0 Å². The highest BCUT2D eigenvalue weighted by Gasteiger charge is 2.34. The van der Waals surface area contributed by atoms with Gasteiger partial charge in [-0.15, -0.1) is 0 Å². The molecule has 21 heavy (non-hydrogen) atoms. The molecule has 2 aromatic rings. The Morgan fingerprint density at radius 2 is 2.00 bits per heavy atom. The van der Waals surface area contributed by atoms with Gasteiger partial charge in [0.05, 0.1) is 6.20 Å². The van der Waals surface area contributed by atoms with Crippen molar-refractivity contribution in [3.63, 3.8) is 0 Å². The van der Waals surface area contributed by atoms with E-state index in [1.807, 2.05) is 36.5 Å². The maximum Gasteiger partial charge on any atom is 0.146 e. The lowest BCUT2D eigenvalue weighted by atomic mass is 9.93. The number of nitrogens with one attached hydrogen (secondary N) is 1. The van der Waals surface area contributed by atoms with Crippen molar-refractivity contribution in [1.29, 1.82) is 0 Å². The normalized spacial score (nSPS) is 25.4. The van der Waals surface area contributed by atoms with Gasteiger partial charge in [-0.3, -0.25) is 4.98 Å². The summed E-state index contributed by atoms with van der Waals surface area (Å²) < 4.78 is 5.84. The van der Waals surface area contributed by atoms with Crippen molar-refractivity contribution in [2.75, 3.05) is 0 Å². The Kier molecular flexibility index (Phi) is 3.20. The molecule has 3 heterocycles. The Morgan fingerprint density at radius 1 is 1.10 bits per heavy atom. The van der Waals surface area contributed by atoms with Crippen molar-refractivity contribution in [1.82, 2.24) is 10.3 Å². The van der Waals surface area contributed by atoms with Crippen molar-refractivity contribution in [3.05, 3.63) is 59.9 Å². The molecule has 2 unspecified atom stereocenters. The molecule has 0 radical (unpaired) electrons. The number of ether oxygens (including phenoxy) is 1. The third-order valence-electron chi connectivity index (χ3n) is 4.24. The van der Waals surface area contributed by atoms with Gasteiger partial charge in [0.2, 0.25) is 0 Å². The summed E-state index contributed by atoms with van der Waals surface area (Å²) in [4.78, 5) is 4.29. The molecule has 3 heteroatoms. The van der Waals surface area contributed by atoms with Crippen LogP contribution in [0.2, 0.25) is 0 Å². The quantitative estimate of drug-likeness (QED) is 0.927. The topological polar surface area (TPSA) is 34.2 Å². The number of pyridine rings is 1. The van der Waals surface area contributed by atoms with Crippen LogP contribution in [-0.4, -0.2) is 17.1 Å². The molecule has 4 rings (SSSR count). The third kappa shape index (κ3) is 2.69. The molecule has 0 saturated carbocycles. The largest absolute Gasteiger partial charge is 0.456 e. The number of hydrogen-bond acceptors (Lipinski definition) is 3. The Bertz CT molecular complexity index is 666. The third-order valence-corrected chi connectivity index (χ3v) is 4.24. The highest BCUT2D eigenvalue weighted by Crippen LogP contribution is 2.34. The number of aromatic nitrogens is 1. The smallest absolute Gasteiger partial charge is 0.146 e. The molecule has 2 aliphatic heterocycles. The van der Waals surface area contributed by atoms with E-state index in [4.69, 9.17) is 4.74 Å². The molecule has 1 aromatic carbocycles. The first-order valence-corrected chi connectivity index (χ1v) is 7.51. The fourth-order valence-corrected chi connectivity index (χ4v) is 3.27. The van der Waals surface area contributed by atoms with Crippen molar-refractivity contribution >= 4 is 6.08 Å². The number of hydrogen-bond donors (Lipinski definition) is 1. The zero-order valence-corrected chi connectivity index (χ0v) is 11.8. The van der Waals surface area contributed by atoms with Crippen molar-refractivity contribution < 1.29 is 4.74 Å². The first-order chi connectivity index (χ1) is 10.4. The van der Waals surface area contributed by atoms with E-state index in [2.05, 4.69) is 22.4 Å². The van der Waals surface area contributed by atoms with Gasteiger partial charge in [0.1, 0.15) is 11.5 Å². The van der Waals surface area contributed by atoms with Crippen LogP contribution in [-0.2, 0) is 0 Å². The Morgan fingerprint density at radius 3 is 2.76 bits per heavy atom. The van der Waals surface area contributed by atoms with Crippen LogP contribution in [0.15, 0.2) is 54.4 Å². The molecule has 1 aromatic heterocycles. The number of fused-ring (bicyclic) bond motifs is 2. The summed E-state index contributed by atoms with van der Waals surface area (Å²) in [5.74, 6) is 1.62. The van der Waals surface area contributed by atoms with Crippen LogP contribution in [0.1, 0.15) is 24.8 Å².